The van der Waals surface area contributed by atoms with Crippen LogP contribution in [0, 0.1) is 5.41 Å². The number of alkyl halides is 3. The maximum Gasteiger partial charge on any atom is 0.433 e. The molecule has 1 N–H and O–H groups in total. The fourth-order valence-corrected chi connectivity index (χ4v) is 5.50. The zero-order valence-electron chi connectivity index (χ0n) is 19.6. The Morgan fingerprint density at radius 2 is 1.92 bits per heavy atom. The van der Waals surface area contributed by atoms with Gasteiger partial charge in [-0.2, -0.15) is 13.2 Å². The fourth-order valence-electron chi connectivity index (χ4n) is 5.50. The molecule has 13 heteroatoms. The van der Waals surface area contributed by atoms with Crippen LogP contribution in [0.3, 0.4) is 0 Å². The Labute approximate surface area is 208 Å². The highest BCUT2D eigenvalue weighted by Gasteiger charge is 2.44. The van der Waals surface area contributed by atoms with Crippen LogP contribution in [0.4, 0.5) is 23.2 Å². The molecule has 0 atom stereocenters. The summed E-state index contributed by atoms with van der Waals surface area (Å²) >= 11 is 0. The molecule has 37 heavy (non-hydrogen) atoms. The van der Waals surface area contributed by atoms with Crippen LogP contribution in [0.5, 0.6) is 0 Å². The highest BCUT2D eigenvalue weighted by atomic mass is 19.4. The lowest BCUT2D eigenvalue weighted by molar-refractivity contribution is -0.141. The third-order valence-electron chi connectivity index (χ3n) is 7.56. The number of likely N-dealkylation sites (tertiary alicyclic amines) is 1. The van der Waals surface area contributed by atoms with Gasteiger partial charge in [-0.1, -0.05) is 6.58 Å². The zero-order valence-corrected chi connectivity index (χ0v) is 19.6. The molecule has 1 amide bonds. The van der Waals surface area contributed by atoms with Crippen LogP contribution in [0.25, 0.3) is 16.9 Å². The number of fused-ring (bicyclic) bond motifs is 1. The second-order valence-corrected chi connectivity index (χ2v) is 9.93. The minimum atomic E-state index is -4.62. The first-order chi connectivity index (χ1) is 17.6. The van der Waals surface area contributed by atoms with Gasteiger partial charge in [0.2, 0.25) is 0 Å². The van der Waals surface area contributed by atoms with Gasteiger partial charge in [0.15, 0.2) is 11.5 Å². The van der Waals surface area contributed by atoms with Crippen LogP contribution >= 0.6 is 0 Å². The zero-order chi connectivity index (χ0) is 26.1. The van der Waals surface area contributed by atoms with Gasteiger partial charge in [-0.05, 0) is 24.6 Å². The van der Waals surface area contributed by atoms with Crippen molar-refractivity contribution in [2.45, 2.75) is 18.6 Å². The van der Waals surface area contributed by atoms with Gasteiger partial charge in [-0.15, -0.1) is 0 Å². The summed E-state index contributed by atoms with van der Waals surface area (Å²) in [6, 6.07) is 3.36. The van der Waals surface area contributed by atoms with Crippen molar-refractivity contribution in [2.24, 2.45) is 5.41 Å². The van der Waals surface area contributed by atoms with Crippen LogP contribution in [0.1, 0.15) is 18.2 Å². The number of halogens is 4. The number of rotatable bonds is 4. The van der Waals surface area contributed by atoms with Crippen molar-refractivity contribution < 1.29 is 22.4 Å². The molecule has 3 aromatic rings. The number of anilines is 1. The average molecular weight is 517 g/mol. The van der Waals surface area contributed by atoms with Crippen molar-refractivity contribution in [1.82, 2.24) is 29.3 Å². The predicted molar refractivity (Wildman–Crippen MR) is 126 cm³/mol. The average Bonchev–Trinajstić information content (AvgIpc) is 3.38. The number of imidazole rings is 1. The number of carbonyl (C=O) groups excluding carboxylic acids is 1. The highest BCUT2D eigenvalue weighted by Crippen LogP contribution is 2.40. The molecule has 3 aliphatic rings. The van der Waals surface area contributed by atoms with Crippen molar-refractivity contribution in [3.8, 4) is 5.69 Å². The van der Waals surface area contributed by atoms with E-state index in [9.17, 15) is 27.2 Å². The SMILES string of the molecule is C=C(F)C(=O)N1CC(n2c(=O)n(-c3ccc(C(F)(F)F)nc3)c3nccc(N4CCC5(CNC5)C4)c32)C1. The first-order valence-corrected chi connectivity index (χ1v) is 11.8. The summed E-state index contributed by atoms with van der Waals surface area (Å²) in [7, 11) is 0. The molecule has 3 aromatic heterocycles. The Kier molecular flexibility index (Phi) is 5.20. The summed E-state index contributed by atoms with van der Waals surface area (Å²) in [5, 5.41) is 3.31. The van der Waals surface area contributed by atoms with Crippen molar-refractivity contribution >= 4 is 22.8 Å². The topological polar surface area (TPSA) is 88.3 Å². The van der Waals surface area contributed by atoms with Gasteiger partial charge in [-0.3, -0.25) is 9.36 Å². The van der Waals surface area contributed by atoms with Crippen LogP contribution < -0.4 is 15.9 Å². The lowest BCUT2D eigenvalue weighted by Gasteiger charge is -2.40. The number of amides is 1. The first kappa shape index (κ1) is 23.6. The molecule has 6 rings (SSSR count). The molecule has 0 radical (unpaired) electrons. The second-order valence-electron chi connectivity index (χ2n) is 9.93. The lowest BCUT2D eigenvalue weighted by Crippen LogP contribution is -2.54. The van der Waals surface area contributed by atoms with Crippen LogP contribution in [-0.2, 0) is 11.0 Å². The minimum absolute atomic E-state index is 0.0915. The van der Waals surface area contributed by atoms with Gasteiger partial charge in [0.05, 0.1) is 23.6 Å². The molecule has 3 fully saturated rings. The summed E-state index contributed by atoms with van der Waals surface area (Å²) < 4.78 is 55.4. The molecular formula is C24H23F4N7O2. The van der Waals surface area contributed by atoms with E-state index in [1.54, 1.807) is 6.20 Å². The number of carbonyl (C=O) groups is 1. The van der Waals surface area contributed by atoms with E-state index < -0.39 is 35.3 Å². The summed E-state index contributed by atoms with van der Waals surface area (Å²) in [6.45, 7) is 6.62. The van der Waals surface area contributed by atoms with E-state index in [1.165, 1.54) is 20.1 Å². The van der Waals surface area contributed by atoms with E-state index in [0.29, 0.717) is 5.52 Å². The summed E-state index contributed by atoms with van der Waals surface area (Å²) in [5.41, 5.74) is 0.289. The highest BCUT2D eigenvalue weighted by molar-refractivity contribution is 5.92. The van der Waals surface area contributed by atoms with Crippen LogP contribution in [-0.4, -0.2) is 69.2 Å². The summed E-state index contributed by atoms with van der Waals surface area (Å²) in [5.74, 6) is -1.92. The minimum Gasteiger partial charge on any atom is -0.369 e. The van der Waals surface area contributed by atoms with E-state index in [1.807, 2.05) is 6.07 Å². The normalized spacial score (nSPS) is 19.4. The molecule has 1 spiro atoms. The summed E-state index contributed by atoms with van der Waals surface area (Å²) in [6.07, 6.45) is -1.06. The molecule has 0 aromatic carbocycles. The Balaban J connectivity index is 1.47. The number of nitrogens with zero attached hydrogens (tertiary/aromatic N) is 6. The molecule has 6 heterocycles. The van der Waals surface area contributed by atoms with Crippen molar-refractivity contribution in [2.75, 3.05) is 44.2 Å². The quantitative estimate of drug-likeness (QED) is 0.422. The van der Waals surface area contributed by atoms with Crippen LogP contribution in [0.2, 0.25) is 0 Å². The lowest BCUT2D eigenvalue weighted by atomic mass is 9.81. The van der Waals surface area contributed by atoms with Gasteiger partial charge in [0.25, 0.3) is 5.91 Å². The first-order valence-electron chi connectivity index (χ1n) is 11.8. The molecule has 0 aliphatic carbocycles. The Hall–Kier alpha value is -3.74. The van der Waals surface area contributed by atoms with Gasteiger partial charge < -0.3 is 15.1 Å². The number of pyridine rings is 2. The molecule has 3 aliphatic heterocycles. The Bertz CT molecular complexity index is 1470. The molecule has 0 bridgehead atoms. The van der Waals surface area contributed by atoms with E-state index in [0.717, 1.165) is 50.6 Å². The van der Waals surface area contributed by atoms with Gasteiger partial charge >= 0.3 is 11.9 Å². The fraction of sp³-hybridized carbons (Fsp3) is 0.417. The van der Waals surface area contributed by atoms with E-state index in [4.69, 9.17) is 0 Å². The molecule has 0 unspecified atom stereocenters. The maximum atomic E-state index is 13.8. The largest absolute Gasteiger partial charge is 0.433 e. The molecule has 9 nitrogen and oxygen atoms in total. The van der Waals surface area contributed by atoms with Crippen molar-refractivity contribution in [1.29, 1.82) is 0 Å². The predicted octanol–water partition coefficient (Wildman–Crippen LogP) is 2.27. The Morgan fingerprint density at radius 1 is 1.16 bits per heavy atom. The second kappa shape index (κ2) is 8.13. The van der Waals surface area contributed by atoms with Crippen molar-refractivity contribution in [3.63, 3.8) is 0 Å². The number of hydrogen-bond donors (Lipinski definition) is 1. The van der Waals surface area contributed by atoms with Gasteiger partial charge in [0.1, 0.15) is 11.2 Å². The molecule has 3 saturated heterocycles. The van der Waals surface area contributed by atoms with Gasteiger partial charge in [-0.25, -0.2) is 23.7 Å². The van der Waals surface area contributed by atoms with E-state index >= 15 is 0 Å². The number of hydrogen-bond acceptors (Lipinski definition) is 6. The molecule has 194 valence electrons. The Morgan fingerprint density at radius 3 is 2.49 bits per heavy atom. The number of aromatic nitrogens is 4. The van der Waals surface area contributed by atoms with Crippen molar-refractivity contribution in [3.05, 3.63) is 59.2 Å². The van der Waals surface area contributed by atoms with E-state index in [2.05, 4.69) is 26.8 Å². The summed E-state index contributed by atoms with van der Waals surface area (Å²) in [4.78, 5) is 37.2. The maximum absolute atomic E-state index is 13.8. The van der Waals surface area contributed by atoms with Crippen LogP contribution in [0.15, 0.2) is 47.8 Å². The number of nitrogens with one attached hydrogen (secondary N) is 1. The third-order valence-corrected chi connectivity index (χ3v) is 7.56. The van der Waals surface area contributed by atoms with Gasteiger partial charge in [0, 0.05) is 50.9 Å². The third kappa shape index (κ3) is 3.71. The molecular weight excluding hydrogens is 494 g/mol. The molecule has 0 saturated carbocycles. The standard InChI is InChI=1S/C24H23F4N7O2/c1-14(25)21(36)33-9-16(10-33)34-19-17(32-7-5-23(13-32)11-29-12-23)4-6-30-20(19)35(22(34)37)15-2-3-18(31-8-15)24(26,27)28/h2-4,6,8,16,29H,1,5,7,9-13H2. The monoisotopic (exact) mass is 517 g/mol. The smallest absolute Gasteiger partial charge is 0.369 e. The van der Waals surface area contributed by atoms with E-state index in [-0.39, 0.29) is 29.8 Å².